The number of aliphatic hydroxyl groups is 1. The molecule has 0 amide bonds. The molecular formula is C14H14O4. The molecule has 0 aliphatic heterocycles. The van der Waals surface area contributed by atoms with Crippen LogP contribution in [0, 0.1) is 0 Å². The topological polar surface area (TPSA) is 69.9 Å². The van der Waals surface area contributed by atoms with E-state index in [0.717, 1.165) is 5.56 Å². The van der Waals surface area contributed by atoms with Crippen LogP contribution in [0.2, 0.25) is 0 Å². The maximum absolute atomic E-state index is 9.59. The molecule has 0 spiro atoms. The Morgan fingerprint density at radius 2 is 1.67 bits per heavy atom. The molecule has 2 aromatic rings. The molecule has 0 saturated heterocycles. The lowest BCUT2D eigenvalue weighted by molar-refractivity contribution is 0.250. The zero-order chi connectivity index (χ0) is 13.0. The maximum atomic E-state index is 9.59. The fraction of sp³-hybridized carbons (Fsp3) is 0.143. The predicted octanol–water partition coefficient (Wildman–Crippen LogP) is 2.17. The van der Waals surface area contributed by atoms with Gasteiger partial charge in [-0.05, 0) is 17.7 Å². The highest BCUT2D eigenvalue weighted by Crippen LogP contribution is 2.35. The van der Waals surface area contributed by atoms with Crippen molar-refractivity contribution in [1.82, 2.24) is 0 Å². The number of ether oxygens (including phenoxy) is 1. The van der Waals surface area contributed by atoms with Crippen molar-refractivity contribution < 1.29 is 20.1 Å². The van der Waals surface area contributed by atoms with Gasteiger partial charge >= 0.3 is 0 Å². The molecule has 0 saturated carbocycles. The molecule has 0 unspecified atom stereocenters. The summed E-state index contributed by atoms with van der Waals surface area (Å²) in [4.78, 5) is 0. The van der Waals surface area contributed by atoms with E-state index >= 15 is 0 Å². The molecule has 0 heterocycles. The lowest BCUT2D eigenvalue weighted by Crippen LogP contribution is -1.99. The minimum absolute atomic E-state index is 0.186. The van der Waals surface area contributed by atoms with E-state index in [4.69, 9.17) is 9.84 Å². The van der Waals surface area contributed by atoms with Gasteiger partial charge in [-0.25, -0.2) is 0 Å². The normalized spacial score (nSPS) is 10.3. The summed E-state index contributed by atoms with van der Waals surface area (Å²) >= 11 is 0. The zero-order valence-corrected chi connectivity index (χ0v) is 9.71. The largest absolute Gasteiger partial charge is 0.504 e. The lowest BCUT2D eigenvalue weighted by atomic mass is 10.1. The van der Waals surface area contributed by atoms with Crippen molar-refractivity contribution in [3.05, 3.63) is 53.6 Å². The van der Waals surface area contributed by atoms with E-state index in [1.54, 1.807) is 0 Å². The van der Waals surface area contributed by atoms with Gasteiger partial charge in [0.15, 0.2) is 11.5 Å². The molecule has 0 radical (unpaired) electrons. The van der Waals surface area contributed by atoms with E-state index < -0.39 is 6.61 Å². The van der Waals surface area contributed by atoms with Gasteiger partial charge in [-0.2, -0.15) is 0 Å². The molecular weight excluding hydrogens is 232 g/mol. The first kappa shape index (κ1) is 12.3. The Morgan fingerprint density at radius 1 is 0.944 bits per heavy atom. The standard InChI is InChI=1S/C14H14O4/c15-8-11-13(7-6-12(16)14(11)17)18-9-10-4-2-1-3-5-10/h1-7,15-17H,8-9H2. The third kappa shape index (κ3) is 2.55. The van der Waals surface area contributed by atoms with Crippen molar-refractivity contribution in [2.45, 2.75) is 13.2 Å². The Balaban J connectivity index is 2.17. The van der Waals surface area contributed by atoms with E-state index in [1.165, 1.54) is 12.1 Å². The van der Waals surface area contributed by atoms with Gasteiger partial charge < -0.3 is 20.1 Å². The van der Waals surface area contributed by atoms with Crippen LogP contribution in [0.4, 0.5) is 0 Å². The Kier molecular flexibility index (Phi) is 3.69. The first-order valence-electron chi connectivity index (χ1n) is 5.53. The monoisotopic (exact) mass is 246 g/mol. The van der Waals surface area contributed by atoms with Crippen LogP contribution in [0.3, 0.4) is 0 Å². The first-order chi connectivity index (χ1) is 8.72. The van der Waals surface area contributed by atoms with Gasteiger partial charge in [0, 0.05) is 0 Å². The molecule has 0 bridgehead atoms. The van der Waals surface area contributed by atoms with E-state index in [9.17, 15) is 10.2 Å². The van der Waals surface area contributed by atoms with E-state index in [1.807, 2.05) is 30.3 Å². The molecule has 3 N–H and O–H groups in total. The Hall–Kier alpha value is -2.20. The van der Waals surface area contributed by atoms with Gasteiger partial charge in [-0.3, -0.25) is 0 Å². The summed E-state index contributed by atoms with van der Waals surface area (Å²) in [5.74, 6) is -0.258. The number of phenols is 2. The van der Waals surface area contributed by atoms with E-state index in [-0.39, 0.29) is 17.1 Å². The third-order valence-corrected chi connectivity index (χ3v) is 2.61. The van der Waals surface area contributed by atoms with Crippen LogP contribution in [0.15, 0.2) is 42.5 Å². The third-order valence-electron chi connectivity index (χ3n) is 2.61. The van der Waals surface area contributed by atoms with Crippen molar-refractivity contribution in [2.24, 2.45) is 0 Å². The van der Waals surface area contributed by atoms with Gasteiger partial charge in [0.2, 0.25) is 0 Å². The fourth-order valence-corrected chi connectivity index (χ4v) is 1.63. The van der Waals surface area contributed by atoms with Crippen molar-refractivity contribution in [3.63, 3.8) is 0 Å². The molecule has 0 atom stereocenters. The fourth-order valence-electron chi connectivity index (χ4n) is 1.63. The van der Waals surface area contributed by atoms with Crippen LogP contribution < -0.4 is 4.74 Å². The van der Waals surface area contributed by atoms with Gasteiger partial charge in [-0.15, -0.1) is 0 Å². The first-order valence-corrected chi connectivity index (χ1v) is 5.53. The average Bonchev–Trinajstić information content (AvgIpc) is 2.41. The minimum Gasteiger partial charge on any atom is -0.504 e. The maximum Gasteiger partial charge on any atom is 0.166 e. The SMILES string of the molecule is OCc1c(OCc2ccccc2)ccc(O)c1O. The molecule has 0 aromatic heterocycles. The summed E-state index contributed by atoms with van der Waals surface area (Å²) in [7, 11) is 0. The lowest BCUT2D eigenvalue weighted by Gasteiger charge is -2.12. The molecule has 18 heavy (non-hydrogen) atoms. The number of rotatable bonds is 4. The molecule has 4 heteroatoms. The quantitative estimate of drug-likeness (QED) is 0.723. The molecule has 0 fully saturated rings. The minimum atomic E-state index is -0.398. The molecule has 94 valence electrons. The highest BCUT2D eigenvalue weighted by Gasteiger charge is 2.12. The van der Waals surface area contributed by atoms with Crippen LogP contribution in [0.25, 0.3) is 0 Å². The summed E-state index contributed by atoms with van der Waals surface area (Å²) in [5.41, 5.74) is 1.17. The number of benzene rings is 2. The van der Waals surface area contributed by atoms with Gasteiger partial charge in [-0.1, -0.05) is 30.3 Å². The van der Waals surface area contributed by atoms with Crippen LogP contribution in [0.5, 0.6) is 17.2 Å². The Labute approximate surface area is 105 Å². The number of aliphatic hydroxyl groups excluding tert-OH is 1. The average molecular weight is 246 g/mol. The second kappa shape index (κ2) is 5.42. The Morgan fingerprint density at radius 3 is 2.33 bits per heavy atom. The summed E-state index contributed by atoms with van der Waals surface area (Å²) in [5, 5.41) is 28.1. The van der Waals surface area contributed by atoms with Crippen molar-refractivity contribution >= 4 is 0 Å². The highest BCUT2D eigenvalue weighted by atomic mass is 16.5. The van der Waals surface area contributed by atoms with Crippen LogP contribution in [-0.2, 0) is 13.2 Å². The number of hydrogen-bond donors (Lipinski definition) is 3. The molecule has 2 rings (SSSR count). The second-order valence-electron chi connectivity index (χ2n) is 3.84. The van der Waals surface area contributed by atoms with Crippen LogP contribution >= 0.6 is 0 Å². The van der Waals surface area contributed by atoms with Gasteiger partial charge in [0.05, 0.1) is 12.2 Å². The summed E-state index contributed by atoms with van der Waals surface area (Å²) in [6.07, 6.45) is 0. The van der Waals surface area contributed by atoms with Crippen molar-refractivity contribution in [3.8, 4) is 17.2 Å². The van der Waals surface area contributed by atoms with Crippen LogP contribution in [-0.4, -0.2) is 15.3 Å². The second-order valence-corrected chi connectivity index (χ2v) is 3.84. The van der Waals surface area contributed by atoms with Crippen LogP contribution in [0.1, 0.15) is 11.1 Å². The molecule has 0 aliphatic carbocycles. The zero-order valence-electron chi connectivity index (χ0n) is 9.71. The smallest absolute Gasteiger partial charge is 0.166 e. The number of hydrogen-bond acceptors (Lipinski definition) is 4. The molecule has 0 aliphatic rings. The Bertz CT molecular complexity index is 523. The van der Waals surface area contributed by atoms with E-state index in [2.05, 4.69) is 0 Å². The van der Waals surface area contributed by atoms with E-state index in [0.29, 0.717) is 12.4 Å². The number of aromatic hydroxyl groups is 2. The molecule has 4 nitrogen and oxygen atoms in total. The summed E-state index contributed by atoms with van der Waals surface area (Å²) in [6, 6.07) is 12.4. The summed E-state index contributed by atoms with van der Waals surface area (Å²) < 4.78 is 5.52. The predicted molar refractivity (Wildman–Crippen MR) is 66.5 cm³/mol. The number of phenolic OH excluding ortho intramolecular Hbond substituents is 1. The molecule has 2 aromatic carbocycles. The van der Waals surface area contributed by atoms with Gasteiger partial charge in [0.1, 0.15) is 12.4 Å². The summed E-state index contributed by atoms with van der Waals surface area (Å²) in [6.45, 7) is -0.0671. The highest BCUT2D eigenvalue weighted by molar-refractivity contribution is 5.51. The van der Waals surface area contributed by atoms with Crippen molar-refractivity contribution in [1.29, 1.82) is 0 Å². The van der Waals surface area contributed by atoms with Crippen molar-refractivity contribution in [2.75, 3.05) is 0 Å². The van der Waals surface area contributed by atoms with Gasteiger partial charge in [0.25, 0.3) is 0 Å².